The van der Waals surface area contributed by atoms with Crippen molar-refractivity contribution in [3.63, 3.8) is 0 Å². The number of nitrogens with one attached hydrogen (secondary N) is 1. The predicted octanol–water partition coefficient (Wildman–Crippen LogP) is 2.63. The number of nitrogens with zero attached hydrogens (tertiary/aromatic N) is 1. The summed E-state index contributed by atoms with van der Waals surface area (Å²) in [5.74, 6) is 3.20. The first-order valence-corrected chi connectivity index (χ1v) is 7.53. The van der Waals surface area contributed by atoms with Crippen LogP contribution in [0.1, 0.15) is 47.0 Å². The minimum absolute atomic E-state index is 0.131. The smallest absolute Gasteiger partial charge is 0.410 e. The molecule has 0 aromatic carbocycles. The molecule has 0 bridgehead atoms. The Bertz CT molecular complexity index is 354. The van der Waals surface area contributed by atoms with E-state index in [9.17, 15) is 4.79 Å². The number of ether oxygens (including phenoxy) is 1. The van der Waals surface area contributed by atoms with Crippen molar-refractivity contribution in [3.8, 4) is 12.3 Å². The number of carbonyl (C=O) groups is 1. The van der Waals surface area contributed by atoms with Crippen LogP contribution in [0, 0.1) is 18.3 Å². The van der Waals surface area contributed by atoms with Gasteiger partial charge in [-0.2, -0.15) is 0 Å². The molecule has 1 aliphatic heterocycles. The summed E-state index contributed by atoms with van der Waals surface area (Å²) in [7, 11) is 0. The van der Waals surface area contributed by atoms with Gasteiger partial charge in [-0.3, -0.25) is 0 Å². The first kappa shape index (κ1) is 16.8. The lowest BCUT2D eigenvalue weighted by Gasteiger charge is -2.34. The zero-order valence-corrected chi connectivity index (χ0v) is 13.2. The number of likely N-dealkylation sites (tertiary alicyclic amines) is 1. The number of terminal acetylenes is 1. The fourth-order valence-electron chi connectivity index (χ4n) is 2.35. The Kier molecular flexibility index (Phi) is 6.35. The van der Waals surface area contributed by atoms with E-state index in [0.29, 0.717) is 5.92 Å². The molecule has 4 nitrogen and oxygen atoms in total. The topological polar surface area (TPSA) is 41.6 Å². The van der Waals surface area contributed by atoms with E-state index in [4.69, 9.17) is 11.2 Å². The third-order valence-electron chi connectivity index (χ3n) is 3.43. The molecule has 1 N–H and O–H groups in total. The highest BCUT2D eigenvalue weighted by Gasteiger charge is 2.27. The van der Waals surface area contributed by atoms with Crippen LogP contribution in [0.15, 0.2) is 0 Å². The van der Waals surface area contributed by atoms with Crippen molar-refractivity contribution in [1.82, 2.24) is 10.2 Å². The van der Waals surface area contributed by atoms with Gasteiger partial charge in [0.2, 0.25) is 0 Å². The fourth-order valence-corrected chi connectivity index (χ4v) is 2.35. The quantitative estimate of drug-likeness (QED) is 0.805. The molecule has 1 amide bonds. The monoisotopic (exact) mass is 280 g/mol. The van der Waals surface area contributed by atoms with Gasteiger partial charge < -0.3 is 15.0 Å². The number of carbonyl (C=O) groups excluding carboxylic acids is 1. The summed E-state index contributed by atoms with van der Waals surface area (Å²) in [6.07, 6.45) is 8.33. The molecule has 2 unspecified atom stereocenters. The van der Waals surface area contributed by atoms with Crippen molar-refractivity contribution < 1.29 is 9.53 Å². The normalized spacial score (nSPS) is 21.1. The fraction of sp³-hybridized carbons (Fsp3) is 0.812. The van der Waals surface area contributed by atoms with E-state index in [0.717, 1.165) is 38.9 Å². The van der Waals surface area contributed by atoms with E-state index in [1.807, 2.05) is 25.7 Å². The molecule has 0 aliphatic carbocycles. The summed E-state index contributed by atoms with van der Waals surface area (Å²) in [5.41, 5.74) is -0.431. The van der Waals surface area contributed by atoms with Gasteiger partial charge in [-0.05, 0) is 46.0 Å². The maximum Gasteiger partial charge on any atom is 0.410 e. The number of piperidine rings is 1. The van der Waals surface area contributed by atoms with E-state index in [1.165, 1.54) is 0 Å². The lowest BCUT2D eigenvalue weighted by molar-refractivity contribution is 0.0166. The summed E-state index contributed by atoms with van der Waals surface area (Å²) in [6, 6.07) is 0.131. The first-order chi connectivity index (χ1) is 9.35. The van der Waals surface area contributed by atoms with Crippen molar-refractivity contribution in [2.75, 3.05) is 19.6 Å². The number of hydrogen-bond acceptors (Lipinski definition) is 3. The van der Waals surface area contributed by atoms with Gasteiger partial charge in [-0.1, -0.05) is 12.8 Å². The Morgan fingerprint density at radius 2 is 2.25 bits per heavy atom. The zero-order chi connectivity index (χ0) is 15.2. The van der Waals surface area contributed by atoms with Crippen LogP contribution in [-0.2, 0) is 4.74 Å². The second kappa shape index (κ2) is 7.54. The predicted molar refractivity (Wildman–Crippen MR) is 81.4 cm³/mol. The highest BCUT2D eigenvalue weighted by atomic mass is 16.6. The van der Waals surface area contributed by atoms with Crippen LogP contribution in [0.3, 0.4) is 0 Å². The average molecular weight is 280 g/mol. The van der Waals surface area contributed by atoms with Crippen molar-refractivity contribution in [2.45, 2.75) is 58.6 Å². The molecule has 0 aromatic rings. The number of hydrogen-bond donors (Lipinski definition) is 1. The number of amides is 1. The zero-order valence-electron chi connectivity index (χ0n) is 13.2. The van der Waals surface area contributed by atoms with E-state index in [-0.39, 0.29) is 12.1 Å². The molecule has 1 rings (SSSR count). The summed E-state index contributed by atoms with van der Waals surface area (Å²) >= 11 is 0. The second-order valence-corrected chi connectivity index (χ2v) is 6.47. The summed E-state index contributed by atoms with van der Waals surface area (Å²) in [6.45, 7) is 10.2. The van der Waals surface area contributed by atoms with Crippen molar-refractivity contribution in [3.05, 3.63) is 0 Å². The Morgan fingerprint density at radius 1 is 1.55 bits per heavy atom. The minimum Gasteiger partial charge on any atom is -0.444 e. The van der Waals surface area contributed by atoms with E-state index < -0.39 is 5.60 Å². The van der Waals surface area contributed by atoms with Gasteiger partial charge in [-0.25, -0.2) is 4.79 Å². The van der Waals surface area contributed by atoms with Crippen LogP contribution < -0.4 is 5.32 Å². The maximum atomic E-state index is 12.1. The molecule has 1 heterocycles. The molecule has 0 saturated carbocycles. The van der Waals surface area contributed by atoms with Crippen molar-refractivity contribution >= 4 is 6.09 Å². The molecule has 0 aromatic heterocycles. The van der Waals surface area contributed by atoms with Crippen LogP contribution >= 0.6 is 0 Å². The lowest BCUT2D eigenvalue weighted by atomic mass is 9.98. The third kappa shape index (κ3) is 5.83. The third-order valence-corrected chi connectivity index (χ3v) is 3.43. The van der Waals surface area contributed by atoms with Gasteiger partial charge in [0, 0.05) is 19.6 Å². The largest absolute Gasteiger partial charge is 0.444 e. The maximum absolute atomic E-state index is 12.1. The van der Waals surface area contributed by atoms with Gasteiger partial charge in [0.05, 0.1) is 6.04 Å². The molecule has 20 heavy (non-hydrogen) atoms. The van der Waals surface area contributed by atoms with Crippen LogP contribution in [0.5, 0.6) is 0 Å². The molecule has 1 aliphatic rings. The Morgan fingerprint density at radius 3 is 2.80 bits per heavy atom. The highest BCUT2D eigenvalue weighted by Crippen LogP contribution is 2.19. The van der Waals surface area contributed by atoms with Crippen molar-refractivity contribution in [2.24, 2.45) is 5.92 Å². The molecular formula is C16H28N2O2. The standard InChI is InChI=1S/C16H28N2O2/c1-6-14(7-2)17-11-13-9-8-10-18(12-13)15(19)20-16(3,4)5/h1,13-14,17H,7-12H2,2-5H3. The summed E-state index contributed by atoms with van der Waals surface area (Å²) < 4.78 is 5.43. The molecular weight excluding hydrogens is 252 g/mol. The molecule has 1 saturated heterocycles. The van der Waals surface area contributed by atoms with Gasteiger partial charge >= 0.3 is 6.09 Å². The SMILES string of the molecule is C#CC(CC)NCC1CCCN(C(=O)OC(C)(C)C)C1. The van der Waals surface area contributed by atoms with E-state index in [2.05, 4.69) is 18.2 Å². The van der Waals surface area contributed by atoms with Crippen LogP contribution in [0.25, 0.3) is 0 Å². The van der Waals surface area contributed by atoms with Crippen LogP contribution in [0.4, 0.5) is 4.79 Å². The van der Waals surface area contributed by atoms with Gasteiger partial charge in [0.15, 0.2) is 0 Å². The number of rotatable bonds is 4. The Labute approximate surface area is 123 Å². The van der Waals surface area contributed by atoms with E-state index in [1.54, 1.807) is 0 Å². The van der Waals surface area contributed by atoms with Crippen LogP contribution in [0.2, 0.25) is 0 Å². The van der Waals surface area contributed by atoms with E-state index >= 15 is 0 Å². The van der Waals surface area contributed by atoms with Gasteiger partial charge in [0.1, 0.15) is 5.60 Å². The molecule has 0 spiro atoms. The summed E-state index contributed by atoms with van der Waals surface area (Å²) in [5, 5.41) is 3.38. The van der Waals surface area contributed by atoms with Crippen molar-refractivity contribution in [1.29, 1.82) is 0 Å². The Hall–Kier alpha value is -1.21. The lowest BCUT2D eigenvalue weighted by Crippen LogP contribution is -2.45. The average Bonchev–Trinajstić information content (AvgIpc) is 2.38. The second-order valence-electron chi connectivity index (χ2n) is 6.47. The summed E-state index contributed by atoms with van der Waals surface area (Å²) in [4.78, 5) is 13.9. The molecule has 1 fully saturated rings. The van der Waals surface area contributed by atoms with Gasteiger partial charge in [0.25, 0.3) is 0 Å². The highest BCUT2D eigenvalue weighted by molar-refractivity contribution is 5.68. The first-order valence-electron chi connectivity index (χ1n) is 7.53. The molecule has 4 heteroatoms. The Balaban J connectivity index is 2.42. The van der Waals surface area contributed by atoms with Gasteiger partial charge in [-0.15, -0.1) is 6.42 Å². The molecule has 0 radical (unpaired) electrons. The van der Waals surface area contributed by atoms with Crippen LogP contribution in [-0.4, -0.2) is 42.3 Å². The minimum atomic E-state index is -0.431. The molecule has 2 atom stereocenters. The molecule has 114 valence electrons.